The second-order valence-electron chi connectivity index (χ2n) is 6.33. The van der Waals surface area contributed by atoms with Crippen molar-refractivity contribution in [3.8, 4) is 0 Å². The van der Waals surface area contributed by atoms with Gasteiger partial charge in [-0.25, -0.2) is 8.42 Å². The largest absolute Gasteiger partial charge is 0.325 e. The Labute approximate surface area is 167 Å². The highest BCUT2D eigenvalue weighted by atomic mass is 32.2. The van der Waals surface area contributed by atoms with E-state index in [-0.39, 0.29) is 16.1 Å². The lowest BCUT2D eigenvalue weighted by Gasteiger charge is -2.26. The van der Waals surface area contributed by atoms with E-state index in [2.05, 4.69) is 15.5 Å². The lowest BCUT2D eigenvalue weighted by molar-refractivity contribution is -0.115. The first-order valence-electron chi connectivity index (χ1n) is 8.74. The molecule has 0 radical (unpaired) electrons. The second-order valence-corrected chi connectivity index (χ2v) is 11.0. The first kappa shape index (κ1) is 20.2. The highest BCUT2D eigenvalue weighted by Crippen LogP contribution is 2.27. The number of carbonyl (C=O) groups is 1. The lowest BCUT2D eigenvalue weighted by atomic mass is 10.2. The van der Waals surface area contributed by atoms with Gasteiger partial charge in [-0.1, -0.05) is 35.6 Å². The van der Waals surface area contributed by atoms with Crippen molar-refractivity contribution in [3.63, 3.8) is 0 Å². The molecule has 1 unspecified atom stereocenters. The summed E-state index contributed by atoms with van der Waals surface area (Å²) in [5.41, 5.74) is 0.471. The Morgan fingerprint density at radius 1 is 1.26 bits per heavy atom. The van der Waals surface area contributed by atoms with E-state index in [9.17, 15) is 13.2 Å². The van der Waals surface area contributed by atoms with Crippen LogP contribution in [0.25, 0.3) is 0 Å². The molecule has 1 fully saturated rings. The van der Waals surface area contributed by atoms with Crippen molar-refractivity contribution >= 4 is 44.7 Å². The van der Waals surface area contributed by atoms with Gasteiger partial charge in [-0.05, 0) is 44.9 Å². The van der Waals surface area contributed by atoms with Gasteiger partial charge in [0, 0.05) is 18.8 Å². The molecule has 0 bridgehead atoms. The topological polar surface area (TPSA) is 92.3 Å². The fourth-order valence-electron chi connectivity index (χ4n) is 2.76. The fraction of sp³-hybridized carbons (Fsp3) is 0.471. The number of aromatic nitrogens is 2. The summed E-state index contributed by atoms with van der Waals surface area (Å²) in [6.45, 7) is 4.74. The molecule has 146 valence electrons. The third kappa shape index (κ3) is 5.07. The zero-order valence-electron chi connectivity index (χ0n) is 15.2. The van der Waals surface area contributed by atoms with E-state index in [0.717, 1.165) is 28.6 Å². The zero-order chi connectivity index (χ0) is 19.4. The molecule has 1 aliphatic heterocycles. The van der Waals surface area contributed by atoms with Crippen molar-refractivity contribution in [2.45, 2.75) is 47.6 Å². The molecule has 0 saturated carbocycles. The van der Waals surface area contributed by atoms with Crippen LogP contribution in [0.1, 0.15) is 31.2 Å². The number of piperidine rings is 1. The third-order valence-electron chi connectivity index (χ3n) is 4.21. The Morgan fingerprint density at radius 2 is 2.00 bits per heavy atom. The van der Waals surface area contributed by atoms with Crippen LogP contribution >= 0.6 is 23.1 Å². The molecule has 1 aliphatic rings. The molecular weight excluding hydrogens is 404 g/mol. The minimum absolute atomic E-state index is 0.208. The maximum atomic E-state index is 12.8. The van der Waals surface area contributed by atoms with E-state index < -0.39 is 10.0 Å². The summed E-state index contributed by atoms with van der Waals surface area (Å²) in [7, 11) is -3.53. The minimum atomic E-state index is -3.53. The number of amides is 1. The van der Waals surface area contributed by atoms with Gasteiger partial charge in [0.2, 0.25) is 15.9 Å². The minimum Gasteiger partial charge on any atom is -0.325 e. The Hall–Kier alpha value is -1.49. The van der Waals surface area contributed by atoms with E-state index in [1.165, 1.54) is 33.5 Å². The van der Waals surface area contributed by atoms with Gasteiger partial charge in [0.05, 0.1) is 10.1 Å². The summed E-state index contributed by atoms with van der Waals surface area (Å²) in [6.07, 6.45) is 2.83. The number of hydrogen-bond acceptors (Lipinski definition) is 7. The maximum absolute atomic E-state index is 12.8. The molecule has 0 spiro atoms. The highest BCUT2D eigenvalue weighted by Gasteiger charge is 2.26. The number of carbonyl (C=O) groups excluding carboxylic acids is 1. The van der Waals surface area contributed by atoms with Crippen LogP contribution in [0.2, 0.25) is 0 Å². The van der Waals surface area contributed by atoms with Gasteiger partial charge in [-0.15, -0.1) is 10.2 Å². The van der Waals surface area contributed by atoms with Gasteiger partial charge in [-0.3, -0.25) is 4.79 Å². The summed E-state index contributed by atoms with van der Waals surface area (Å²) >= 11 is 2.77. The number of nitrogens with one attached hydrogen (secondary N) is 1. The summed E-state index contributed by atoms with van der Waals surface area (Å²) in [6, 6.07) is 6.44. The number of hydrogen-bond donors (Lipinski definition) is 1. The summed E-state index contributed by atoms with van der Waals surface area (Å²) in [5, 5.41) is 11.2. The number of thioether (sulfide) groups is 1. The first-order chi connectivity index (χ1) is 12.9. The molecule has 1 saturated heterocycles. The van der Waals surface area contributed by atoms with Crippen molar-refractivity contribution in [1.82, 2.24) is 14.5 Å². The predicted octanol–water partition coefficient (Wildman–Crippen LogP) is 3.14. The zero-order valence-corrected chi connectivity index (χ0v) is 17.7. The highest BCUT2D eigenvalue weighted by molar-refractivity contribution is 8.02. The molecular formula is C17H22N4O3S3. The fourth-order valence-corrected chi connectivity index (χ4v) is 6.29. The molecule has 27 heavy (non-hydrogen) atoms. The van der Waals surface area contributed by atoms with Gasteiger partial charge < -0.3 is 5.32 Å². The van der Waals surface area contributed by atoms with Crippen LogP contribution in [0.4, 0.5) is 5.69 Å². The van der Waals surface area contributed by atoms with Gasteiger partial charge in [0.15, 0.2) is 4.34 Å². The molecule has 1 N–H and O–H groups in total. The maximum Gasteiger partial charge on any atom is 0.243 e. The molecule has 10 heteroatoms. The van der Waals surface area contributed by atoms with Gasteiger partial charge in [-0.2, -0.15) is 4.31 Å². The normalized spacial score (nSPS) is 16.8. The van der Waals surface area contributed by atoms with Crippen LogP contribution in [-0.2, 0) is 14.8 Å². The quantitative estimate of drug-likeness (QED) is 0.714. The number of rotatable bonds is 6. The van der Waals surface area contributed by atoms with Gasteiger partial charge >= 0.3 is 0 Å². The summed E-state index contributed by atoms with van der Waals surface area (Å²) < 4.78 is 27.9. The van der Waals surface area contributed by atoms with Crippen LogP contribution in [0.15, 0.2) is 33.5 Å². The number of benzene rings is 1. The van der Waals surface area contributed by atoms with E-state index >= 15 is 0 Å². The molecule has 0 aliphatic carbocycles. The molecule has 1 atom stereocenters. The molecule has 2 heterocycles. The van der Waals surface area contributed by atoms with Crippen LogP contribution in [-0.4, -0.2) is 47.2 Å². The van der Waals surface area contributed by atoms with E-state index in [1.807, 2.05) is 6.92 Å². The Kier molecular flexibility index (Phi) is 6.51. The standard InChI is InChI=1S/C17H22N4O3S3/c1-12(25-17-20-19-13(2)26-17)16(22)18-14-7-6-8-15(11-14)27(23,24)21-9-4-3-5-10-21/h6-8,11-12H,3-5,9-10H2,1-2H3,(H,18,22). The van der Waals surface area contributed by atoms with Crippen molar-refractivity contribution in [2.24, 2.45) is 0 Å². The second kappa shape index (κ2) is 8.68. The van der Waals surface area contributed by atoms with Crippen molar-refractivity contribution < 1.29 is 13.2 Å². The van der Waals surface area contributed by atoms with Crippen molar-refractivity contribution in [1.29, 1.82) is 0 Å². The average Bonchev–Trinajstić information content (AvgIpc) is 3.07. The molecule has 7 nitrogen and oxygen atoms in total. The van der Waals surface area contributed by atoms with E-state index in [1.54, 1.807) is 25.1 Å². The first-order valence-corrected chi connectivity index (χ1v) is 11.9. The molecule has 1 aromatic carbocycles. The average molecular weight is 427 g/mol. The third-order valence-corrected chi connectivity index (χ3v) is 8.13. The number of nitrogens with zero attached hydrogens (tertiary/aromatic N) is 3. The van der Waals surface area contributed by atoms with Crippen LogP contribution in [0.3, 0.4) is 0 Å². The van der Waals surface area contributed by atoms with Crippen molar-refractivity contribution in [3.05, 3.63) is 29.3 Å². The Balaban J connectivity index is 1.68. The van der Waals surface area contributed by atoms with Crippen LogP contribution < -0.4 is 5.32 Å². The van der Waals surface area contributed by atoms with E-state index in [0.29, 0.717) is 18.8 Å². The Bertz CT molecular complexity index is 908. The monoisotopic (exact) mass is 426 g/mol. The number of aryl methyl sites for hydroxylation is 1. The summed E-state index contributed by atoms with van der Waals surface area (Å²) in [5.74, 6) is -0.208. The summed E-state index contributed by atoms with van der Waals surface area (Å²) in [4.78, 5) is 12.7. The molecule has 3 rings (SSSR count). The number of anilines is 1. The molecule has 2 aromatic rings. The molecule has 1 aromatic heterocycles. The van der Waals surface area contributed by atoms with Gasteiger partial charge in [0.1, 0.15) is 5.01 Å². The number of sulfonamides is 1. The Morgan fingerprint density at radius 3 is 2.67 bits per heavy atom. The van der Waals surface area contributed by atoms with E-state index in [4.69, 9.17) is 0 Å². The van der Waals surface area contributed by atoms with Crippen LogP contribution in [0, 0.1) is 6.92 Å². The molecule has 1 amide bonds. The lowest BCUT2D eigenvalue weighted by Crippen LogP contribution is -2.35. The predicted molar refractivity (Wildman–Crippen MR) is 108 cm³/mol. The smallest absolute Gasteiger partial charge is 0.243 e. The van der Waals surface area contributed by atoms with Crippen molar-refractivity contribution in [2.75, 3.05) is 18.4 Å². The van der Waals surface area contributed by atoms with Gasteiger partial charge in [0.25, 0.3) is 0 Å². The van der Waals surface area contributed by atoms with Crippen LogP contribution in [0.5, 0.6) is 0 Å². The SMILES string of the molecule is Cc1nnc(SC(C)C(=O)Nc2cccc(S(=O)(=O)N3CCCCC3)c2)s1.